The van der Waals surface area contributed by atoms with Gasteiger partial charge < -0.3 is 15.0 Å². The Morgan fingerprint density at radius 1 is 1.33 bits per heavy atom. The number of hydrogen-bond acceptors (Lipinski definition) is 5. The van der Waals surface area contributed by atoms with E-state index in [0.717, 1.165) is 44.8 Å². The van der Waals surface area contributed by atoms with Crippen molar-refractivity contribution >= 4 is 11.9 Å². The van der Waals surface area contributed by atoms with E-state index in [0.29, 0.717) is 11.8 Å². The van der Waals surface area contributed by atoms with Crippen LogP contribution in [-0.4, -0.2) is 47.2 Å². The zero-order chi connectivity index (χ0) is 16.6. The standard InChI is InChI=1S/C18H26N4O2/c1-13-12-22(17-19-8-2-9-20-17)10-7-18(13)6-5-15(24-18)16(23)21-11-14-3-4-14/h2,8-9,13-15H,3-7,10-12H2,1H3,(H,21,23)/t13-,15?,18+/m1/s1. The predicted octanol–water partition coefficient (Wildman–Crippen LogP) is 1.77. The van der Waals surface area contributed by atoms with Crippen LogP contribution in [0.2, 0.25) is 0 Å². The van der Waals surface area contributed by atoms with E-state index in [4.69, 9.17) is 4.74 Å². The number of ether oxygens (including phenoxy) is 1. The predicted molar refractivity (Wildman–Crippen MR) is 90.6 cm³/mol. The molecule has 4 rings (SSSR count). The van der Waals surface area contributed by atoms with E-state index in [1.165, 1.54) is 12.8 Å². The van der Waals surface area contributed by atoms with Crippen LogP contribution in [0.15, 0.2) is 18.5 Å². The highest BCUT2D eigenvalue weighted by atomic mass is 16.5. The van der Waals surface area contributed by atoms with Crippen LogP contribution in [0.5, 0.6) is 0 Å². The maximum Gasteiger partial charge on any atom is 0.249 e. The summed E-state index contributed by atoms with van der Waals surface area (Å²) in [5.41, 5.74) is -0.160. The molecule has 1 aliphatic carbocycles. The molecule has 1 saturated carbocycles. The molecular formula is C18H26N4O2. The van der Waals surface area contributed by atoms with E-state index in [-0.39, 0.29) is 17.6 Å². The molecule has 1 N–H and O–H groups in total. The zero-order valence-electron chi connectivity index (χ0n) is 14.3. The number of carbonyl (C=O) groups excluding carboxylic acids is 1. The lowest BCUT2D eigenvalue weighted by Crippen LogP contribution is -2.52. The number of rotatable bonds is 4. The number of anilines is 1. The third kappa shape index (κ3) is 3.11. The lowest BCUT2D eigenvalue weighted by molar-refractivity contribution is -0.142. The van der Waals surface area contributed by atoms with E-state index >= 15 is 0 Å². The summed E-state index contributed by atoms with van der Waals surface area (Å²) in [4.78, 5) is 23.3. The third-order valence-electron chi connectivity index (χ3n) is 5.79. The number of carbonyl (C=O) groups is 1. The first-order valence-electron chi connectivity index (χ1n) is 9.14. The van der Waals surface area contributed by atoms with Crippen LogP contribution in [0.1, 0.15) is 39.0 Å². The van der Waals surface area contributed by atoms with E-state index < -0.39 is 0 Å². The average molecular weight is 330 g/mol. The van der Waals surface area contributed by atoms with Gasteiger partial charge in [0.1, 0.15) is 6.10 Å². The maximum absolute atomic E-state index is 12.3. The Hall–Kier alpha value is -1.69. The van der Waals surface area contributed by atoms with Crippen LogP contribution in [-0.2, 0) is 9.53 Å². The van der Waals surface area contributed by atoms with E-state index in [2.05, 4.69) is 27.1 Å². The number of aromatic nitrogens is 2. The number of hydrogen-bond donors (Lipinski definition) is 1. The topological polar surface area (TPSA) is 67.4 Å². The lowest BCUT2D eigenvalue weighted by Gasteiger charge is -2.44. The van der Waals surface area contributed by atoms with Crippen molar-refractivity contribution in [3.8, 4) is 0 Å². The number of nitrogens with zero attached hydrogens (tertiary/aromatic N) is 3. The van der Waals surface area contributed by atoms with Crippen LogP contribution >= 0.6 is 0 Å². The molecule has 130 valence electrons. The first kappa shape index (κ1) is 15.8. The third-order valence-corrected chi connectivity index (χ3v) is 5.79. The summed E-state index contributed by atoms with van der Waals surface area (Å²) in [6.07, 6.45) is 8.54. The second-order valence-electron chi connectivity index (χ2n) is 7.54. The van der Waals surface area contributed by atoms with Crippen LogP contribution in [0.4, 0.5) is 5.95 Å². The van der Waals surface area contributed by atoms with Gasteiger partial charge in [-0.15, -0.1) is 0 Å². The van der Waals surface area contributed by atoms with Gasteiger partial charge in [0.15, 0.2) is 0 Å². The largest absolute Gasteiger partial charge is 0.362 e. The van der Waals surface area contributed by atoms with Crippen LogP contribution in [0, 0.1) is 11.8 Å². The van der Waals surface area contributed by atoms with Crippen LogP contribution in [0.25, 0.3) is 0 Å². The van der Waals surface area contributed by atoms with Gasteiger partial charge in [0, 0.05) is 37.9 Å². The Morgan fingerprint density at radius 3 is 2.83 bits per heavy atom. The van der Waals surface area contributed by atoms with Gasteiger partial charge in [0.25, 0.3) is 0 Å². The molecule has 3 fully saturated rings. The second kappa shape index (κ2) is 6.31. The van der Waals surface area contributed by atoms with Crippen LogP contribution in [0.3, 0.4) is 0 Å². The number of nitrogens with one attached hydrogen (secondary N) is 1. The minimum Gasteiger partial charge on any atom is -0.362 e. The summed E-state index contributed by atoms with van der Waals surface area (Å²) >= 11 is 0. The smallest absolute Gasteiger partial charge is 0.249 e. The molecule has 1 amide bonds. The summed E-state index contributed by atoms with van der Waals surface area (Å²) in [5, 5.41) is 3.06. The highest BCUT2D eigenvalue weighted by Crippen LogP contribution is 2.42. The normalized spacial score (nSPS) is 33.0. The Balaban J connectivity index is 1.35. The van der Waals surface area contributed by atoms with Gasteiger partial charge in [-0.2, -0.15) is 0 Å². The number of amides is 1. The first-order valence-corrected chi connectivity index (χ1v) is 9.14. The van der Waals surface area contributed by atoms with Crippen molar-refractivity contribution < 1.29 is 9.53 Å². The molecule has 0 aromatic carbocycles. The lowest BCUT2D eigenvalue weighted by atomic mass is 9.80. The fraction of sp³-hybridized carbons (Fsp3) is 0.722. The van der Waals surface area contributed by atoms with Gasteiger partial charge in [-0.05, 0) is 44.1 Å². The molecule has 3 aliphatic rings. The van der Waals surface area contributed by atoms with Gasteiger partial charge in [0.2, 0.25) is 11.9 Å². The zero-order valence-corrected chi connectivity index (χ0v) is 14.3. The molecule has 1 aromatic heterocycles. The molecule has 1 spiro atoms. The highest BCUT2D eigenvalue weighted by molar-refractivity contribution is 5.81. The molecule has 6 heteroatoms. The Kier molecular flexibility index (Phi) is 4.16. The monoisotopic (exact) mass is 330 g/mol. The fourth-order valence-electron chi connectivity index (χ4n) is 3.98. The van der Waals surface area contributed by atoms with Crippen LogP contribution < -0.4 is 10.2 Å². The molecule has 2 aliphatic heterocycles. The molecule has 0 bridgehead atoms. The summed E-state index contributed by atoms with van der Waals surface area (Å²) in [6, 6.07) is 1.84. The molecule has 3 heterocycles. The van der Waals surface area contributed by atoms with Crippen molar-refractivity contribution in [2.75, 3.05) is 24.5 Å². The SMILES string of the molecule is C[C@@H]1CN(c2ncccn2)CC[C@@]12CCC(C(=O)NCC1CC1)O2. The summed E-state index contributed by atoms with van der Waals surface area (Å²) in [5.74, 6) is 1.93. The Bertz CT molecular complexity index is 592. The van der Waals surface area contributed by atoms with Crippen molar-refractivity contribution in [2.45, 2.75) is 50.7 Å². The van der Waals surface area contributed by atoms with E-state index in [1.54, 1.807) is 12.4 Å². The summed E-state index contributed by atoms with van der Waals surface area (Å²) in [6.45, 7) is 4.80. The van der Waals surface area contributed by atoms with Gasteiger partial charge >= 0.3 is 0 Å². The van der Waals surface area contributed by atoms with Crippen molar-refractivity contribution in [3.63, 3.8) is 0 Å². The van der Waals surface area contributed by atoms with Gasteiger partial charge in [-0.1, -0.05) is 6.92 Å². The molecule has 24 heavy (non-hydrogen) atoms. The first-order chi connectivity index (χ1) is 11.7. The van der Waals surface area contributed by atoms with E-state index in [1.807, 2.05) is 6.07 Å². The minimum atomic E-state index is -0.272. The average Bonchev–Trinajstić information content (AvgIpc) is 3.35. The maximum atomic E-state index is 12.3. The molecule has 1 aromatic rings. The van der Waals surface area contributed by atoms with Crippen molar-refractivity contribution in [3.05, 3.63) is 18.5 Å². The molecule has 2 saturated heterocycles. The highest BCUT2D eigenvalue weighted by Gasteiger charge is 2.49. The van der Waals surface area contributed by atoms with Crippen molar-refractivity contribution in [2.24, 2.45) is 11.8 Å². The Labute approximate surface area is 143 Å². The quantitative estimate of drug-likeness (QED) is 0.911. The summed E-state index contributed by atoms with van der Waals surface area (Å²) < 4.78 is 6.32. The van der Waals surface area contributed by atoms with Gasteiger partial charge in [-0.3, -0.25) is 4.79 Å². The van der Waals surface area contributed by atoms with E-state index in [9.17, 15) is 4.79 Å². The van der Waals surface area contributed by atoms with Crippen molar-refractivity contribution in [1.82, 2.24) is 15.3 Å². The van der Waals surface area contributed by atoms with Gasteiger partial charge in [0.05, 0.1) is 5.60 Å². The number of piperidine rings is 1. The molecule has 0 radical (unpaired) electrons. The minimum absolute atomic E-state index is 0.0831. The fourth-order valence-corrected chi connectivity index (χ4v) is 3.98. The second-order valence-corrected chi connectivity index (χ2v) is 7.54. The molecular weight excluding hydrogens is 304 g/mol. The van der Waals surface area contributed by atoms with Gasteiger partial charge in [-0.25, -0.2) is 9.97 Å². The summed E-state index contributed by atoms with van der Waals surface area (Å²) in [7, 11) is 0. The molecule has 1 unspecified atom stereocenters. The molecule has 3 atom stereocenters. The van der Waals surface area contributed by atoms with Crippen molar-refractivity contribution in [1.29, 1.82) is 0 Å². The Morgan fingerprint density at radius 2 is 2.12 bits per heavy atom. The molecule has 6 nitrogen and oxygen atoms in total.